The number of amides is 1. The van der Waals surface area contributed by atoms with Gasteiger partial charge in [-0.15, -0.1) is 0 Å². The molecular formula is C17H17FN2O3S. The number of ether oxygens (including phenoxy) is 1. The largest absolute Gasteiger partial charge is 0.459 e. The number of rotatable bonds is 3. The zero-order valence-electron chi connectivity index (χ0n) is 13.2. The van der Waals surface area contributed by atoms with Crippen molar-refractivity contribution in [2.24, 2.45) is 0 Å². The number of esters is 1. The molecule has 1 aromatic heterocycles. The predicted octanol–water partition coefficient (Wildman–Crippen LogP) is 3.05. The molecule has 1 aromatic carbocycles. The van der Waals surface area contributed by atoms with Gasteiger partial charge in [0, 0.05) is 31.3 Å². The molecule has 7 heteroatoms. The lowest BCUT2D eigenvalue weighted by Gasteiger charge is -2.31. The molecule has 126 valence electrons. The molecule has 5 nitrogen and oxygen atoms in total. The van der Waals surface area contributed by atoms with E-state index in [0.29, 0.717) is 37.2 Å². The number of hydrogen-bond acceptors (Lipinski definition) is 5. The standard InChI is InChI=1S/C17H17FN2O3S/c1-11-14(10-24-19-11)17(22)23-12-6-8-20(9-7-12)16(21)13-4-2-3-5-15(13)18/h2-5,10,12H,6-9H2,1H3. The van der Waals surface area contributed by atoms with Gasteiger partial charge in [-0.05, 0) is 30.6 Å². The van der Waals surface area contributed by atoms with Gasteiger partial charge < -0.3 is 9.64 Å². The molecule has 0 N–H and O–H groups in total. The van der Waals surface area contributed by atoms with Gasteiger partial charge in [0.25, 0.3) is 5.91 Å². The van der Waals surface area contributed by atoms with Crippen molar-refractivity contribution in [2.75, 3.05) is 13.1 Å². The van der Waals surface area contributed by atoms with Crippen molar-refractivity contribution < 1.29 is 18.7 Å². The van der Waals surface area contributed by atoms with E-state index in [1.807, 2.05) is 0 Å². The molecular weight excluding hydrogens is 331 g/mol. The fourth-order valence-corrected chi connectivity index (χ4v) is 3.37. The molecule has 0 bridgehead atoms. The fourth-order valence-electron chi connectivity index (χ4n) is 2.68. The van der Waals surface area contributed by atoms with Gasteiger partial charge in [-0.1, -0.05) is 12.1 Å². The van der Waals surface area contributed by atoms with E-state index in [-0.39, 0.29) is 23.5 Å². The molecule has 1 fully saturated rings. The van der Waals surface area contributed by atoms with E-state index in [4.69, 9.17) is 4.74 Å². The van der Waals surface area contributed by atoms with Crippen LogP contribution < -0.4 is 0 Å². The third-order valence-corrected chi connectivity index (χ3v) is 4.80. The van der Waals surface area contributed by atoms with Crippen molar-refractivity contribution in [3.63, 3.8) is 0 Å². The maximum Gasteiger partial charge on any atom is 0.341 e. The average molecular weight is 348 g/mol. The first-order valence-corrected chi connectivity index (χ1v) is 8.55. The quantitative estimate of drug-likeness (QED) is 0.800. The Morgan fingerprint density at radius 3 is 2.58 bits per heavy atom. The lowest BCUT2D eigenvalue weighted by atomic mass is 10.1. The lowest BCUT2D eigenvalue weighted by molar-refractivity contribution is 0.0120. The summed E-state index contributed by atoms with van der Waals surface area (Å²) in [6, 6.07) is 5.95. The highest BCUT2D eigenvalue weighted by atomic mass is 32.1. The Morgan fingerprint density at radius 1 is 1.25 bits per heavy atom. The van der Waals surface area contributed by atoms with E-state index in [9.17, 15) is 14.0 Å². The zero-order chi connectivity index (χ0) is 17.1. The predicted molar refractivity (Wildman–Crippen MR) is 87.6 cm³/mol. The Morgan fingerprint density at radius 2 is 1.96 bits per heavy atom. The normalized spacial score (nSPS) is 15.3. The second-order valence-corrected chi connectivity index (χ2v) is 6.32. The molecule has 0 spiro atoms. The minimum Gasteiger partial charge on any atom is -0.459 e. The fraction of sp³-hybridized carbons (Fsp3) is 0.353. The van der Waals surface area contributed by atoms with Crippen LogP contribution in [0.5, 0.6) is 0 Å². The number of carbonyl (C=O) groups is 2. The van der Waals surface area contributed by atoms with E-state index < -0.39 is 5.82 Å². The smallest absolute Gasteiger partial charge is 0.341 e. The van der Waals surface area contributed by atoms with Gasteiger partial charge in [-0.25, -0.2) is 9.18 Å². The summed E-state index contributed by atoms with van der Waals surface area (Å²) < 4.78 is 23.3. The first-order valence-electron chi connectivity index (χ1n) is 7.72. The van der Waals surface area contributed by atoms with Crippen molar-refractivity contribution >= 4 is 23.4 Å². The third kappa shape index (κ3) is 3.46. The number of nitrogens with zero attached hydrogens (tertiary/aromatic N) is 2. The second-order valence-electron chi connectivity index (χ2n) is 5.69. The Labute approximate surface area is 143 Å². The van der Waals surface area contributed by atoms with Gasteiger partial charge >= 0.3 is 5.97 Å². The number of benzene rings is 1. The highest BCUT2D eigenvalue weighted by Crippen LogP contribution is 2.20. The first kappa shape index (κ1) is 16.6. The van der Waals surface area contributed by atoms with Crippen molar-refractivity contribution in [3.8, 4) is 0 Å². The number of aromatic nitrogens is 1. The summed E-state index contributed by atoms with van der Waals surface area (Å²) in [6.45, 7) is 2.64. The van der Waals surface area contributed by atoms with Crippen LogP contribution in [0.25, 0.3) is 0 Å². The maximum absolute atomic E-state index is 13.7. The first-order chi connectivity index (χ1) is 11.6. The van der Waals surface area contributed by atoms with Crippen molar-refractivity contribution in [1.29, 1.82) is 0 Å². The topological polar surface area (TPSA) is 59.5 Å². The third-order valence-electron chi connectivity index (χ3n) is 4.08. The van der Waals surface area contributed by atoms with E-state index in [0.717, 1.165) is 0 Å². The molecule has 1 saturated heterocycles. The van der Waals surface area contributed by atoms with Crippen LogP contribution >= 0.6 is 11.5 Å². The minimum absolute atomic E-state index is 0.0768. The van der Waals surface area contributed by atoms with Crippen LogP contribution in [-0.2, 0) is 4.74 Å². The van der Waals surface area contributed by atoms with Crippen LogP contribution in [0.2, 0.25) is 0 Å². The molecule has 2 aromatic rings. The lowest BCUT2D eigenvalue weighted by Crippen LogP contribution is -2.41. The average Bonchev–Trinajstić information content (AvgIpc) is 3.01. The number of piperidine rings is 1. The van der Waals surface area contributed by atoms with Crippen LogP contribution in [0.3, 0.4) is 0 Å². The summed E-state index contributed by atoms with van der Waals surface area (Å²) in [6.07, 6.45) is 0.854. The van der Waals surface area contributed by atoms with Gasteiger partial charge in [0.05, 0.1) is 16.8 Å². The summed E-state index contributed by atoms with van der Waals surface area (Å²) in [5.74, 6) is -1.22. The highest BCUT2D eigenvalue weighted by Gasteiger charge is 2.27. The summed E-state index contributed by atoms with van der Waals surface area (Å²) in [5, 5.41) is 1.68. The van der Waals surface area contributed by atoms with Crippen molar-refractivity contribution in [1.82, 2.24) is 9.27 Å². The number of aryl methyl sites for hydroxylation is 1. The molecule has 1 amide bonds. The van der Waals surface area contributed by atoms with E-state index in [1.54, 1.807) is 29.3 Å². The molecule has 0 atom stereocenters. The Kier molecular flexibility index (Phi) is 4.89. The second kappa shape index (κ2) is 7.09. The highest BCUT2D eigenvalue weighted by molar-refractivity contribution is 7.03. The van der Waals surface area contributed by atoms with E-state index in [2.05, 4.69) is 4.37 Å². The van der Waals surface area contributed by atoms with Crippen LogP contribution in [-0.4, -0.2) is 40.3 Å². The van der Waals surface area contributed by atoms with Gasteiger partial charge in [-0.2, -0.15) is 4.37 Å². The van der Waals surface area contributed by atoms with Crippen LogP contribution in [0.4, 0.5) is 4.39 Å². The SMILES string of the molecule is Cc1nscc1C(=O)OC1CCN(C(=O)c2ccccc2F)CC1. The number of carbonyl (C=O) groups excluding carboxylic acids is 2. The molecule has 0 aliphatic carbocycles. The number of likely N-dealkylation sites (tertiary alicyclic amines) is 1. The summed E-state index contributed by atoms with van der Waals surface area (Å²) in [5.41, 5.74) is 1.23. The molecule has 0 saturated carbocycles. The van der Waals surface area contributed by atoms with E-state index in [1.165, 1.54) is 23.7 Å². The molecule has 3 rings (SSSR count). The Bertz CT molecular complexity index is 754. The van der Waals surface area contributed by atoms with Crippen LogP contribution in [0, 0.1) is 12.7 Å². The molecule has 2 heterocycles. The summed E-state index contributed by atoms with van der Waals surface area (Å²) >= 11 is 1.22. The molecule has 1 aliphatic heterocycles. The zero-order valence-corrected chi connectivity index (χ0v) is 14.0. The maximum atomic E-state index is 13.7. The molecule has 1 aliphatic rings. The van der Waals surface area contributed by atoms with Crippen LogP contribution in [0.1, 0.15) is 39.3 Å². The number of halogens is 1. The molecule has 24 heavy (non-hydrogen) atoms. The van der Waals surface area contributed by atoms with Crippen molar-refractivity contribution in [2.45, 2.75) is 25.9 Å². The van der Waals surface area contributed by atoms with Gasteiger partial charge in [0.15, 0.2) is 0 Å². The monoisotopic (exact) mass is 348 g/mol. The van der Waals surface area contributed by atoms with Gasteiger partial charge in [-0.3, -0.25) is 4.79 Å². The Balaban J connectivity index is 1.56. The van der Waals surface area contributed by atoms with Crippen molar-refractivity contribution in [3.05, 3.63) is 52.3 Å². The molecule has 0 radical (unpaired) electrons. The van der Waals surface area contributed by atoms with Gasteiger partial charge in [0.2, 0.25) is 0 Å². The van der Waals surface area contributed by atoms with E-state index >= 15 is 0 Å². The van der Waals surface area contributed by atoms with Crippen LogP contribution in [0.15, 0.2) is 29.6 Å². The Hall–Kier alpha value is -2.28. The number of hydrogen-bond donors (Lipinski definition) is 0. The van der Waals surface area contributed by atoms with Gasteiger partial charge in [0.1, 0.15) is 11.9 Å². The molecule has 0 unspecified atom stereocenters. The summed E-state index contributed by atoms with van der Waals surface area (Å²) in [7, 11) is 0. The summed E-state index contributed by atoms with van der Waals surface area (Å²) in [4.78, 5) is 26.0. The minimum atomic E-state index is -0.517.